The van der Waals surface area contributed by atoms with E-state index in [2.05, 4.69) is 22.5 Å². The van der Waals surface area contributed by atoms with Gasteiger partial charge in [-0.2, -0.15) is 0 Å². The van der Waals surface area contributed by atoms with Gasteiger partial charge >= 0.3 is 6.03 Å². The van der Waals surface area contributed by atoms with Gasteiger partial charge in [-0.1, -0.05) is 19.1 Å². The highest BCUT2D eigenvalue weighted by Crippen LogP contribution is 2.15. The lowest BCUT2D eigenvalue weighted by atomic mass is 10.0. The number of amides is 2. The molecule has 2 rings (SSSR count). The maximum Gasteiger partial charge on any atom is 0.315 e. The summed E-state index contributed by atoms with van der Waals surface area (Å²) in [6.07, 6.45) is 4.77. The molecule has 134 valence electrons. The van der Waals surface area contributed by atoms with Crippen LogP contribution >= 0.6 is 0 Å². The molecule has 1 aromatic carbocycles. The van der Waals surface area contributed by atoms with E-state index < -0.39 is 0 Å². The van der Waals surface area contributed by atoms with E-state index in [1.807, 2.05) is 0 Å². The fourth-order valence-corrected chi connectivity index (χ4v) is 3.21. The van der Waals surface area contributed by atoms with Crippen LogP contribution in [0.1, 0.15) is 43.7 Å². The van der Waals surface area contributed by atoms with Crippen molar-refractivity contribution < 1.29 is 9.18 Å². The number of piperidine rings is 1. The van der Waals surface area contributed by atoms with Crippen LogP contribution in [0.25, 0.3) is 0 Å². The first kappa shape index (κ1) is 18.7. The highest BCUT2D eigenvalue weighted by Gasteiger charge is 2.15. The number of carbonyl (C=O) groups is 1. The van der Waals surface area contributed by atoms with Crippen molar-refractivity contribution in [1.29, 1.82) is 0 Å². The molecule has 1 aliphatic rings. The number of likely N-dealkylation sites (tertiary alicyclic amines) is 1. The molecule has 2 N–H and O–H groups in total. The van der Waals surface area contributed by atoms with E-state index >= 15 is 0 Å². The zero-order valence-electron chi connectivity index (χ0n) is 14.9. The van der Waals surface area contributed by atoms with Crippen LogP contribution < -0.4 is 10.6 Å². The van der Waals surface area contributed by atoms with Crippen LogP contribution in [0, 0.1) is 18.7 Å². The second-order valence-electron chi connectivity index (χ2n) is 6.95. The van der Waals surface area contributed by atoms with Crippen LogP contribution in [-0.4, -0.2) is 37.1 Å². The molecule has 0 radical (unpaired) electrons. The largest absolute Gasteiger partial charge is 0.338 e. The summed E-state index contributed by atoms with van der Waals surface area (Å²) in [5.74, 6) is 0.601. The van der Waals surface area contributed by atoms with Crippen molar-refractivity contribution >= 4 is 6.03 Å². The molecular weight excluding hydrogens is 305 g/mol. The molecule has 5 heteroatoms. The quantitative estimate of drug-likeness (QED) is 0.750. The molecular formula is C19H30FN3O. The lowest BCUT2D eigenvalue weighted by Crippen LogP contribution is -2.37. The molecule has 1 heterocycles. The third kappa shape index (κ3) is 6.48. The molecule has 0 bridgehead atoms. The Labute approximate surface area is 144 Å². The normalized spacial score (nSPS) is 18.4. The van der Waals surface area contributed by atoms with Crippen LogP contribution in [0.5, 0.6) is 0 Å². The van der Waals surface area contributed by atoms with E-state index in [-0.39, 0.29) is 11.8 Å². The molecule has 0 saturated carbocycles. The zero-order chi connectivity index (χ0) is 17.4. The van der Waals surface area contributed by atoms with Gasteiger partial charge in [0.2, 0.25) is 0 Å². The number of benzene rings is 1. The smallest absolute Gasteiger partial charge is 0.315 e. The lowest BCUT2D eigenvalue weighted by molar-refractivity contribution is 0.181. The van der Waals surface area contributed by atoms with Gasteiger partial charge in [-0.05, 0) is 68.8 Å². The number of hydrogen-bond acceptors (Lipinski definition) is 2. The second kappa shape index (κ2) is 9.62. The van der Waals surface area contributed by atoms with Gasteiger partial charge < -0.3 is 15.5 Å². The zero-order valence-corrected chi connectivity index (χ0v) is 14.9. The van der Waals surface area contributed by atoms with E-state index in [1.165, 1.54) is 32.0 Å². The van der Waals surface area contributed by atoms with Crippen LogP contribution in [0.2, 0.25) is 0 Å². The van der Waals surface area contributed by atoms with Crippen LogP contribution in [-0.2, 0) is 6.54 Å². The first-order chi connectivity index (χ1) is 11.5. The van der Waals surface area contributed by atoms with Crippen molar-refractivity contribution in [3.8, 4) is 0 Å². The first-order valence-electron chi connectivity index (χ1n) is 9.03. The summed E-state index contributed by atoms with van der Waals surface area (Å²) in [5.41, 5.74) is 1.50. The van der Waals surface area contributed by atoms with Gasteiger partial charge in [0.15, 0.2) is 0 Å². The highest BCUT2D eigenvalue weighted by molar-refractivity contribution is 5.73. The number of nitrogens with one attached hydrogen (secondary N) is 2. The molecule has 4 nitrogen and oxygen atoms in total. The summed E-state index contributed by atoms with van der Waals surface area (Å²) in [6.45, 7) is 8.71. The molecule has 1 aliphatic heterocycles. The van der Waals surface area contributed by atoms with Gasteiger partial charge in [0.1, 0.15) is 5.82 Å². The molecule has 1 saturated heterocycles. The number of unbranched alkanes of at least 4 members (excludes halogenated alkanes) is 1. The fourth-order valence-electron chi connectivity index (χ4n) is 3.21. The van der Waals surface area contributed by atoms with Gasteiger partial charge in [-0.3, -0.25) is 0 Å². The molecule has 1 atom stereocenters. The number of hydrogen-bond donors (Lipinski definition) is 2. The molecule has 24 heavy (non-hydrogen) atoms. The van der Waals surface area contributed by atoms with Gasteiger partial charge in [0.05, 0.1) is 0 Å². The Kier molecular flexibility index (Phi) is 7.50. The van der Waals surface area contributed by atoms with E-state index in [1.54, 1.807) is 19.1 Å². The van der Waals surface area contributed by atoms with Crippen molar-refractivity contribution in [2.45, 2.75) is 46.1 Å². The Hall–Kier alpha value is -1.62. The van der Waals surface area contributed by atoms with Gasteiger partial charge in [0, 0.05) is 19.6 Å². The number of urea groups is 1. The summed E-state index contributed by atoms with van der Waals surface area (Å²) in [6, 6.07) is 4.73. The Morgan fingerprint density at radius 1 is 1.33 bits per heavy atom. The van der Waals surface area contributed by atoms with Crippen molar-refractivity contribution in [3.63, 3.8) is 0 Å². The third-order valence-corrected chi connectivity index (χ3v) is 4.60. The SMILES string of the molecule is Cc1cc(CNC(=O)NCCCCN2CCC[C@@H](C)C2)ccc1F. The van der Waals surface area contributed by atoms with E-state index in [0.29, 0.717) is 18.7 Å². The maximum atomic E-state index is 13.2. The van der Waals surface area contributed by atoms with E-state index in [9.17, 15) is 9.18 Å². The summed E-state index contributed by atoms with van der Waals surface area (Å²) >= 11 is 0. The predicted molar refractivity (Wildman–Crippen MR) is 95.4 cm³/mol. The highest BCUT2D eigenvalue weighted by atomic mass is 19.1. The maximum absolute atomic E-state index is 13.2. The minimum absolute atomic E-state index is 0.163. The van der Waals surface area contributed by atoms with Crippen LogP contribution in [0.4, 0.5) is 9.18 Å². The van der Waals surface area contributed by atoms with Crippen molar-refractivity contribution in [2.75, 3.05) is 26.2 Å². The van der Waals surface area contributed by atoms with Gasteiger partial charge in [-0.15, -0.1) is 0 Å². The minimum atomic E-state index is -0.216. The molecule has 0 aromatic heterocycles. The Balaban J connectivity index is 1.54. The van der Waals surface area contributed by atoms with Crippen molar-refractivity contribution in [1.82, 2.24) is 15.5 Å². The summed E-state index contributed by atoms with van der Waals surface area (Å²) in [4.78, 5) is 14.3. The van der Waals surface area contributed by atoms with Crippen molar-refractivity contribution in [3.05, 3.63) is 35.1 Å². The average Bonchev–Trinajstić information content (AvgIpc) is 2.56. The Bertz CT molecular complexity index is 535. The standard InChI is InChI=1S/C19H30FN3O/c1-15-6-5-11-23(14-15)10-4-3-9-21-19(24)22-13-17-7-8-18(20)16(2)12-17/h7-8,12,15H,3-6,9-11,13-14H2,1-2H3,(H2,21,22,24)/t15-/m1/s1. The van der Waals surface area contributed by atoms with Crippen LogP contribution in [0.15, 0.2) is 18.2 Å². The first-order valence-corrected chi connectivity index (χ1v) is 9.03. The average molecular weight is 335 g/mol. The number of rotatable bonds is 7. The Morgan fingerprint density at radius 2 is 2.17 bits per heavy atom. The van der Waals surface area contributed by atoms with Gasteiger partial charge in [0.25, 0.3) is 0 Å². The van der Waals surface area contributed by atoms with E-state index in [4.69, 9.17) is 0 Å². The summed E-state index contributed by atoms with van der Waals surface area (Å²) < 4.78 is 13.2. The fraction of sp³-hybridized carbons (Fsp3) is 0.632. The monoisotopic (exact) mass is 335 g/mol. The number of carbonyl (C=O) groups excluding carboxylic acids is 1. The number of nitrogens with zero attached hydrogens (tertiary/aromatic N) is 1. The van der Waals surface area contributed by atoms with Gasteiger partial charge in [-0.25, -0.2) is 9.18 Å². The molecule has 0 unspecified atom stereocenters. The third-order valence-electron chi connectivity index (χ3n) is 4.60. The van der Waals surface area contributed by atoms with Crippen molar-refractivity contribution in [2.24, 2.45) is 5.92 Å². The minimum Gasteiger partial charge on any atom is -0.338 e. The van der Waals surface area contributed by atoms with E-state index in [0.717, 1.165) is 30.9 Å². The van der Waals surface area contributed by atoms with Crippen LogP contribution in [0.3, 0.4) is 0 Å². The molecule has 2 amide bonds. The summed E-state index contributed by atoms with van der Waals surface area (Å²) in [5, 5.41) is 5.69. The molecule has 0 spiro atoms. The topological polar surface area (TPSA) is 44.4 Å². The molecule has 1 aromatic rings. The predicted octanol–water partition coefficient (Wildman–Crippen LogP) is 3.45. The Morgan fingerprint density at radius 3 is 2.92 bits per heavy atom. The molecule has 0 aliphatic carbocycles. The number of aryl methyl sites for hydroxylation is 1. The lowest BCUT2D eigenvalue weighted by Gasteiger charge is -2.30. The number of halogens is 1. The second-order valence-corrected chi connectivity index (χ2v) is 6.95. The molecule has 1 fully saturated rings. The summed E-state index contributed by atoms with van der Waals surface area (Å²) in [7, 11) is 0.